The van der Waals surface area contributed by atoms with E-state index < -0.39 is 0 Å². The van der Waals surface area contributed by atoms with E-state index in [9.17, 15) is 9.90 Å². The largest absolute Gasteiger partial charge is 0.487 e. The van der Waals surface area contributed by atoms with Crippen molar-refractivity contribution in [2.45, 2.75) is 51.8 Å². The molecule has 10 nitrogen and oxygen atoms in total. The number of carbonyl (C=O) groups excluding carboxylic acids is 1. The maximum Gasteiger partial charge on any atom is 0.258 e. The highest BCUT2D eigenvalue weighted by atomic mass is 79.9. The summed E-state index contributed by atoms with van der Waals surface area (Å²) < 4.78 is 18.0. The third-order valence-electron chi connectivity index (χ3n) is 8.43. The maximum atomic E-state index is 12.3. The Balaban J connectivity index is 1.46. The number of nitrogens with zero attached hydrogens (tertiary/aromatic N) is 1. The van der Waals surface area contributed by atoms with Gasteiger partial charge in [-0.3, -0.25) is 4.79 Å². The van der Waals surface area contributed by atoms with Crippen molar-refractivity contribution in [1.82, 2.24) is 15.5 Å². The zero-order valence-corrected chi connectivity index (χ0v) is 30.8. The molecule has 1 heterocycles. The van der Waals surface area contributed by atoms with Gasteiger partial charge in [0.2, 0.25) is 0 Å². The highest BCUT2D eigenvalue weighted by Gasteiger charge is 2.17. The first kappa shape index (κ1) is 38.6. The summed E-state index contributed by atoms with van der Waals surface area (Å²) in [6.45, 7) is 7.46. The third-order valence-corrected chi connectivity index (χ3v) is 9.67. The van der Waals surface area contributed by atoms with Gasteiger partial charge < -0.3 is 45.6 Å². The summed E-state index contributed by atoms with van der Waals surface area (Å²) in [5.41, 5.74) is 5.29. The minimum atomic E-state index is -0.279. The fourth-order valence-corrected chi connectivity index (χ4v) is 6.48. The molecule has 49 heavy (non-hydrogen) atoms. The predicted octanol–water partition coefficient (Wildman–Crippen LogP) is 6.25. The van der Waals surface area contributed by atoms with Gasteiger partial charge in [-0.25, -0.2) is 0 Å². The lowest BCUT2D eigenvalue weighted by Crippen LogP contribution is -2.32. The molecule has 0 radical (unpaired) electrons. The lowest BCUT2D eigenvalue weighted by atomic mass is 9.97. The highest BCUT2D eigenvalue weighted by Crippen LogP contribution is 2.37. The predicted molar refractivity (Wildman–Crippen MR) is 200 cm³/mol. The van der Waals surface area contributed by atoms with Crippen LogP contribution < -0.4 is 25.4 Å². The molecule has 5 N–H and O–H groups in total. The van der Waals surface area contributed by atoms with E-state index >= 15 is 0 Å². The zero-order chi connectivity index (χ0) is 35.0. The molecule has 1 atom stereocenters. The monoisotopic (exact) mass is 757 g/mol. The zero-order valence-electron chi connectivity index (χ0n) is 28.5. The molecule has 1 aliphatic heterocycles. The van der Waals surface area contributed by atoms with Gasteiger partial charge in [0.05, 0.1) is 18.2 Å². The molecule has 4 rings (SSSR count). The molecule has 0 aromatic heterocycles. The van der Waals surface area contributed by atoms with Crippen LogP contribution in [0.1, 0.15) is 49.3 Å². The molecule has 0 bridgehead atoms. The number of anilines is 1. The van der Waals surface area contributed by atoms with Gasteiger partial charge in [0.15, 0.2) is 6.61 Å². The Labute approximate surface area is 303 Å². The average molecular weight is 759 g/mol. The molecule has 0 aliphatic carbocycles. The summed E-state index contributed by atoms with van der Waals surface area (Å²) in [5.74, 6) is 0.575. The number of unbranched alkanes of at least 4 members (excludes halogenated alkanes) is 1. The average Bonchev–Trinajstić information content (AvgIpc) is 3.63. The van der Waals surface area contributed by atoms with Crippen molar-refractivity contribution in [1.29, 1.82) is 5.41 Å². The van der Waals surface area contributed by atoms with Crippen molar-refractivity contribution in [3.8, 4) is 22.6 Å². The van der Waals surface area contributed by atoms with Crippen LogP contribution in [-0.2, 0) is 22.7 Å². The van der Waals surface area contributed by atoms with Crippen LogP contribution in [0.2, 0.25) is 5.02 Å². The number of carbonyl (C=O) groups is 1. The Morgan fingerprint density at radius 1 is 1.06 bits per heavy atom. The Morgan fingerprint density at radius 3 is 2.59 bits per heavy atom. The van der Waals surface area contributed by atoms with Crippen molar-refractivity contribution < 1.29 is 24.1 Å². The van der Waals surface area contributed by atoms with Crippen molar-refractivity contribution in [3.05, 3.63) is 74.7 Å². The molecular weight excluding hydrogens is 710 g/mol. The summed E-state index contributed by atoms with van der Waals surface area (Å²) in [5, 5.41) is 27.6. The van der Waals surface area contributed by atoms with Crippen LogP contribution >= 0.6 is 27.5 Å². The van der Waals surface area contributed by atoms with Crippen molar-refractivity contribution in [3.63, 3.8) is 0 Å². The van der Waals surface area contributed by atoms with Gasteiger partial charge in [0.1, 0.15) is 18.1 Å². The second kappa shape index (κ2) is 20.5. The summed E-state index contributed by atoms with van der Waals surface area (Å²) in [7, 11) is 1.57. The fourth-order valence-electron chi connectivity index (χ4n) is 5.65. The Kier molecular flexibility index (Phi) is 16.1. The van der Waals surface area contributed by atoms with Crippen LogP contribution in [0.15, 0.2) is 53.0 Å². The van der Waals surface area contributed by atoms with Gasteiger partial charge in [0, 0.05) is 71.9 Å². The minimum Gasteiger partial charge on any atom is -0.487 e. The Bertz CT molecular complexity index is 1520. The maximum absolute atomic E-state index is 12.3. The number of rotatable bonds is 21. The second-order valence-electron chi connectivity index (χ2n) is 12.1. The molecule has 0 saturated carbocycles. The van der Waals surface area contributed by atoms with Gasteiger partial charge in [0.25, 0.3) is 5.91 Å². The van der Waals surface area contributed by atoms with Crippen LogP contribution in [0.25, 0.3) is 11.1 Å². The molecule has 3 aromatic rings. The standard InChI is InChI=1S/C37H49BrClN5O5/c1-26(23-45)43-22-28-19-32(39)35(20-34(28)49-25-36(46)42-14-18-47-2)48-24-27-9-7-11-30(37(27)38)29-10-8-12-33(31(29)21-40)41-13-3-4-15-44-16-5-6-17-44/h7-12,19-21,26,40-41,43,45H,3-6,13-18,22-25H2,1-2H3,(H,42,46). The van der Waals surface area contributed by atoms with Crippen LogP contribution in [-0.4, -0.2) is 87.8 Å². The molecular formula is C37H49BrClN5O5. The lowest BCUT2D eigenvalue weighted by Gasteiger charge is -2.18. The number of benzene rings is 3. The number of aliphatic hydroxyl groups is 1. The van der Waals surface area contributed by atoms with Gasteiger partial charge in [-0.1, -0.05) is 41.9 Å². The SMILES string of the molecule is COCCNC(=O)COc1cc(OCc2cccc(-c3cccc(NCCCCN4CCCC4)c3C=N)c2Br)c(Cl)cc1CNC(C)CO. The van der Waals surface area contributed by atoms with E-state index in [1.165, 1.54) is 32.1 Å². The highest BCUT2D eigenvalue weighted by molar-refractivity contribution is 9.10. The van der Waals surface area contributed by atoms with Crippen LogP contribution in [0, 0.1) is 5.41 Å². The van der Waals surface area contributed by atoms with E-state index in [-0.39, 0.29) is 31.8 Å². The molecule has 1 fully saturated rings. The van der Waals surface area contributed by atoms with Crippen molar-refractivity contribution in [2.24, 2.45) is 0 Å². The van der Waals surface area contributed by atoms with Gasteiger partial charge in [-0.05, 0) is 91.4 Å². The van der Waals surface area contributed by atoms with E-state index in [4.69, 9.17) is 31.2 Å². The summed E-state index contributed by atoms with van der Waals surface area (Å²) >= 11 is 10.5. The first-order valence-electron chi connectivity index (χ1n) is 16.9. The first-order valence-corrected chi connectivity index (χ1v) is 18.1. The molecule has 12 heteroatoms. The fraction of sp³-hybridized carbons (Fsp3) is 0.459. The van der Waals surface area contributed by atoms with Crippen LogP contribution in [0.5, 0.6) is 11.5 Å². The third kappa shape index (κ3) is 11.7. The molecule has 1 amide bonds. The van der Waals surface area contributed by atoms with Crippen molar-refractivity contribution in [2.75, 3.05) is 65.0 Å². The number of methoxy groups -OCH3 is 1. The number of aliphatic hydroxyl groups excluding tert-OH is 1. The quantitative estimate of drug-likeness (QED) is 0.0638. The van der Waals surface area contributed by atoms with Gasteiger partial charge in [-0.15, -0.1) is 0 Å². The molecule has 1 aliphatic rings. The van der Waals surface area contributed by atoms with E-state index in [0.717, 1.165) is 63.9 Å². The topological polar surface area (TPSA) is 128 Å². The van der Waals surface area contributed by atoms with Crippen molar-refractivity contribution >= 4 is 45.3 Å². The number of likely N-dealkylation sites (tertiary alicyclic amines) is 1. The smallest absolute Gasteiger partial charge is 0.258 e. The molecule has 0 spiro atoms. The van der Waals surface area contributed by atoms with E-state index in [2.05, 4.69) is 36.8 Å². The Hall–Kier alpha value is -3.19. The number of amides is 1. The molecule has 266 valence electrons. The first-order chi connectivity index (χ1) is 23.8. The number of ether oxygens (including phenoxy) is 3. The second-order valence-corrected chi connectivity index (χ2v) is 13.3. The normalized spacial score (nSPS) is 13.7. The van der Waals surface area contributed by atoms with E-state index in [0.29, 0.717) is 36.2 Å². The number of hydrogen-bond acceptors (Lipinski definition) is 9. The summed E-state index contributed by atoms with van der Waals surface area (Å²) in [4.78, 5) is 14.9. The number of halogens is 2. The minimum absolute atomic E-state index is 0.0257. The summed E-state index contributed by atoms with van der Waals surface area (Å²) in [6, 6.07) is 15.3. The van der Waals surface area contributed by atoms with E-state index in [1.54, 1.807) is 19.2 Å². The number of hydrogen-bond donors (Lipinski definition) is 5. The lowest BCUT2D eigenvalue weighted by molar-refractivity contribution is -0.123. The van der Waals surface area contributed by atoms with Crippen LogP contribution in [0.4, 0.5) is 5.69 Å². The van der Waals surface area contributed by atoms with E-state index in [1.807, 2.05) is 43.3 Å². The Morgan fingerprint density at radius 2 is 1.84 bits per heavy atom. The van der Waals surface area contributed by atoms with Gasteiger partial charge >= 0.3 is 0 Å². The summed E-state index contributed by atoms with van der Waals surface area (Å²) in [6.07, 6.45) is 6.27. The number of nitrogens with one attached hydrogen (secondary N) is 4. The molecule has 1 saturated heterocycles. The molecule has 1 unspecified atom stereocenters. The van der Waals surface area contributed by atoms with Gasteiger partial charge in [-0.2, -0.15) is 0 Å². The van der Waals surface area contributed by atoms with Crippen LogP contribution in [0.3, 0.4) is 0 Å². The molecule has 3 aromatic carbocycles.